The smallest absolute Gasteiger partial charge is 0.308 e. The third-order valence-electron chi connectivity index (χ3n) is 4.42. The van der Waals surface area contributed by atoms with Gasteiger partial charge in [-0.15, -0.1) is 0 Å². The molecule has 1 fully saturated rings. The molecule has 0 unspecified atom stereocenters. The summed E-state index contributed by atoms with van der Waals surface area (Å²) in [6, 6.07) is 12.1. The van der Waals surface area contributed by atoms with Crippen LogP contribution in [0.4, 0.5) is 5.82 Å². The van der Waals surface area contributed by atoms with Crippen molar-refractivity contribution >= 4 is 28.3 Å². The Morgan fingerprint density at radius 1 is 1.18 bits per heavy atom. The van der Waals surface area contributed by atoms with E-state index in [0.29, 0.717) is 6.54 Å². The minimum Gasteiger partial charge on any atom is -0.481 e. The summed E-state index contributed by atoms with van der Waals surface area (Å²) in [5, 5.41) is 9.30. The Balaban J connectivity index is 1.86. The van der Waals surface area contributed by atoms with Crippen LogP contribution < -0.4 is 4.90 Å². The number of para-hydroxylation sites is 2. The molecule has 1 N–H and O–H groups in total. The predicted octanol–water partition coefficient (Wildman–Crippen LogP) is 2.79. The van der Waals surface area contributed by atoms with Gasteiger partial charge >= 0.3 is 5.97 Å². The number of benzene rings is 1. The molecule has 0 aliphatic carbocycles. The summed E-state index contributed by atoms with van der Waals surface area (Å²) in [4.78, 5) is 18.2. The van der Waals surface area contributed by atoms with Gasteiger partial charge in [0.1, 0.15) is 0 Å². The molecule has 1 aromatic carbocycles. The van der Waals surface area contributed by atoms with Crippen LogP contribution in [0, 0.1) is 5.92 Å². The van der Waals surface area contributed by atoms with Crippen molar-refractivity contribution in [3.05, 3.63) is 42.6 Å². The van der Waals surface area contributed by atoms with Crippen molar-refractivity contribution in [2.75, 3.05) is 18.0 Å². The summed E-state index contributed by atoms with van der Waals surface area (Å²) in [5.74, 6) is -0.136. The first-order chi connectivity index (χ1) is 10.7. The monoisotopic (exact) mass is 295 g/mol. The van der Waals surface area contributed by atoms with Crippen LogP contribution in [0.1, 0.15) is 12.8 Å². The summed E-state index contributed by atoms with van der Waals surface area (Å²) in [6.07, 6.45) is 3.66. The second-order valence-corrected chi connectivity index (χ2v) is 5.81. The molecule has 2 aromatic heterocycles. The number of hydrogen-bond acceptors (Lipinski definition) is 3. The summed E-state index contributed by atoms with van der Waals surface area (Å²) in [5.41, 5.74) is 3.03. The standard InChI is InChI=1S/C17H17N3O2/c21-17(22)12-5-3-9-19(11-12)16-15-8-4-10-20(15)14-7-2-1-6-13(14)18-16/h1-2,4,6-8,10,12H,3,5,9,11H2,(H,21,22)/t12-/m0/s1. The van der Waals surface area contributed by atoms with Crippen LogP contribution in [0.3, 0.4) is 0 Å². The second kappa shape index (κ2) is 5.02. The minimum absolute atomic E-state index is 0.308. The fourth-order valence-electron chi connectivity index (χ4n) is 3.31. The van der Waals surface area contributed by atoms with Crippen LogP contribution in [0.25, 0.3) is 16.6 Å². The number of carboxylic acid groups (broad SMARTS) is 1. The average molecular weight is 295 g/mol. The van der Waals surface area contributed by atoms with E-state index in [1.54, 1.807) is 0 Å². The summed E-state index contributed by atoms with van der Waals surface area (Å²) in [7, 11) is 0. The molecule has 1 aliphatic rings. The highest BCUT2D eigenvalue weighted by atomic mass is 16.4. The van der Waals surface area contributed by atoms with E-state index in [0.717, 1.165) is 41.8 Å². The van der Waals surface area contributed by atoms with Crippen molar-refractivity contribution in [3.63, 3.8) is 0 Å². The van der Waals surface area contributed by atoms with Gasteiger partial charge in [-0.05, 0) is 37.1 Å². The molecular formula is C17H17N3O2. The van der Waals surface area contributed by atoms with Crippen LogP contribution in [0.5, 0.6) is 0 Å². The van der Waals surface area contributed by atoms with Gasteiger partial charge in [0, 0.05) is 19.3 Å². The van der Waals surface area contributed by atoms with E-state index in [4.69, 9.17) is 4.98 Å². The Morgan fingerprint density at radius 3 is 2.86 bits per heavy atom. The zero-order valence-corrected chi connectivity index (χ0v) is 12.1. The molecule has 0 bridgehead atoms. The molecule has 1 atom stereocenters. The van der Waals surface area contributed by atoms with E-state index in [2.05, 4.69) is 15.4 Å². The number of rotatable bonds is 2. The number of fused-ring (bicyclic) bond motifs is 3. The van der Waals surface area contributed by atoms with Gasteiger partial charge in [0.2, 0.25) is 0 Å². The first-order valence-electron chi connectivity index (χ1n) is 7.57. The topological polar surface area (TPSA) is 57.8 Å². The number of hydrogen-bond donors (Lipinski definition) is 1. The number of anilines is 1. The van der Waals surface area contributed by atoms with E-state index in [1.807, 2.05) is 36.5 Å². The van der Waals surface area contributed by atoms with Gasteiger partial charge in [-0.3, -0.25) is 4.79 Å². The number of aliphatic carboxylic acids is 1. The van der Waals surface area contributed by atoms with Crippen molar-refractivity contribution in [1.82, 2.24) is 9.38 Å². The van der Waals surface area contributed by atoms with E-state index < -0.39 is 5.97 Å². The summed E-state index contributed by atoms with van der Waals surface area (Å²) in [6.45, 7) is 1.39. The molecule has 3 aromatic rings. The van der Waals surface area contributed by atoms with Crippen LogP contribution in [0.2, 0.25) is 0 Å². The van der Waals surface area contributed by atoms with Crippen molar-refractivity contribution < 1.29 is 9.90 Å². The molecule has 0 amide bonds. The highest BCUT2D eigenvalue weighted by Gasteiger charge is 2.27. The molecule has 3 heterocycles. The lowest BCUT2D eigenvalue weighted by Crippen LogP contribution is -2.39. The van der Waals surface area contributed by atoms with E-state index in [-0.39, 0.29) is 5.92 Å². The summed E-state index contributed by atoms with van der Waals surface area (Å²) < 4.78 is 2.13. The number of aromatic nitrogens is 2. The quantitative estimate of drug-likeness (QED) is 0.790. The van der Waals surface area contributed by atoms with Crippen molar-refractivity contribution in [1.29, 1.82) is 0 Å². The highest BCUT2D eigenvalue weighted by molar-refractivity contribution is 5.85. The van der Waals surface area contributed by atoms with Gasteiger partial charge in [0.15, 0.2) is 5.82 Å². The molecule has 112 valence electrons. The molecule has 0 saturated carbocycles. The van der Waals surface area contributed by atoms with Gasteiger partial charge in [0.25, 0.3) is 0 Å². The molecule has 1 aliphatic heterocycles. The van der Waals surface area contributed by atoms with Gasteiger partial charge in [-0.1, -0.05) is 12.1 Å². The fourth-order valence-corrected chi connectivity index (χ4v) is 3.31. The second-order valence-electron chi connectivity index (χ2n) is 5.81. The molecule has 5 nitrogen and oxygen atoms in total. The zero-order chi connectivity index (χ0) is 15.1. The third kappa shape index (κ3) is 2.01. The number of carboxylic acids is 1. The maximum atomic E-state index is 11.3. The van der Waals surface area contributed by atoms with E-state index in [9.17, 15) is 9.90 Å². The first kappa shape index (κ1) is 13.1. The Hall–Kier alpha value is -2.56. The predicted molar refractivity (Wildman–Crippen MR) is 85.3 cm³/mol. The zero-order valence-electron chi connectivity index (χ0n) is 12.1. The Bertz CT molecular complexity index is 855. The molecule has 4 rings (SSSR count). The number of carbonyl (C=O) groups is 1. The highest BCUT2D eigenvalue weighted by Crippen LogP contribution is 2.28. The van der Waals surface area contributed by atoms with Crippen molar-refractivity contribution in [2.24, 2.45) is 5.92 Å². The molecule has 5 heteroatoms. The molecule has 0 spiro atoms. The lowest BCUT2D eigenvalue weighted by molar-refractivity contribution is -0.141. The van der Waals surface area contributed by atoms with Crippen molar-refractivity contribution in [3.8, 4) is 0 Å². The summed E-state index contributed by atoms with van der Waals surface area (Å²) >= 11 is 0. The van der Waals surface area contributed by atoms with Gasteiger partial charge in [-0.25, -0.2) is 4.98 Å². The van der Waals surface area contributed by atoms with E-state index in [1.165, 1.54) is 0 Å². The maximum Gasteiger partial charge on any atom is 0.308 e. The molecule has 22 heavy (non-hydrogen) atoms. The molecule has 1 saturated heterocycles. The average Bonchev–Trinajstić information content (AvgIpc) is 3.04. The number of nitrogens with zero attached hydrogens (tertiary/aromatic N) is 3. The fraction of sp³-hybridized carbons (Fsp3) is 0.294. The van der Waals surface area contributed by atoms with Crippen molar-refractivity contribution in [2.45, 2.75) is 12.8 Å². The van der Waals surface area contributed by atoms with Crippen LogP contribution in [0.15, 0.2) is 42.6 Å². The van der Waals surface area contributed by atoms with Gasteiger partial charge in [-0.2, -0.15) is 0 Å². The SMILES string of the molecule is O=C(O)[C@H]1CCCN(c2nc3ccccc3n3cccc23)C1. The van der Waals surface area contributed by atoms with Gasteiger partial charge < -0.3 is 14.4 Å². The first-order valence-corrected chi connectivity index (χ1v) is 7.57. The van der Waals surface area contributed by atoms with Crippen LogP contribution in [-0.2, 0) is 4.79 Å². The third-order valence-corrected chi connectivity index (χ3v) is 4.42. The molecular weight excluding hydrogens is 278 g/mol. The van der Waals surface area contributed by atoms with Crippen LogP contribution in [-0.4, -0.2) is 33.6 Å². The Morgan fingerprint density at radius 2 is 2.00 bits per heavy atom. The Kier molecular flexibility index (Phi) is 2.99. The Labute approximate surface area is 127 Å². The van der Waals surface area contributed by atoms with Crippen LogP contribution >= 0.6 is 0 Å². The maximum absolute atomic E-state index is 11.3. The van der Waals surface area contributed by atoms with Gasteiger partial charge in [0.05, 0.1) is 22.5 Å². The number of piperidine rings is 1. The normalized spacial score (nSPS) is 18.9. The van der Waals surface area contributed by atoms with E-state index >= 15 is 0 Å². The molecule has 0 radical (unpaired) electrons. The lowest BCUT2D eigenvalue weighted by atomic mass is 9.98. The lowest BCUT2D eigenvalue weighted by Gasteiger charge is -2.32. The minimum atomic E-state index is -0.711. The largest absolute Gasteiger partial charge is 0.481 e.